The Morgan fingerprint density at radius 1 is 1.10 bits per heavy atom. The molecule has 1 heterocycles. The van der Waals surface area contributed by atoms with Crippen molar-refractivity contribution in [2.24, 2.45) is 10.2 Å². The molecule has 3 aromatic rings. The molecule has 2 N–H and O–H groups in total. The van der Waals surface area contributed by atoms with Gasteiger partial charge in [0.1, 0.15) is 11.1 Å². The normalized spacial score (nSPS) is 18.1. The van der Waals surface area contributed by atoms with Crippen molar-refractivity contribution in [3.05, 3.63) is 78.1 Å². The highest BCUT2D eigenvalue weighted by Crippen LogP contribution is 2.23. The number of benzene rings is 3. The summed E-state index contributed by atoms with van der Waals surface area (Å²) in [4.78, 5) is 24.6. The van der Waals surface area contributed by atoms with Gasteiger partial charge in [0, 0.05) is 12.1 Å². The minimum Gasteiger partial charge on any atom is -0.325 e. The van der Waals surface area contributed by atoms with Crippen molar-refractivity contribution in [1.82, 2.24) is 5.32 Å². The van der Waals surface area contributed by atoms with Crippen LogP contribution in [0.1, 0.15) is 18.9 Å². The van der Waals surface area contributed by atoms with Crippen LogP contribution in [0.25, 0.3) is 10.8 Å². The highest BCUT2D eigenvalue weighted by atomic mass is 32.2. The van der Waals surface area contributed by atoms with Crippen LogP contribution in [-0.2, 0) is 9.59 Å². The number of carbonyl (C=O) groups is 2. The Morgan fingerprint density at radius 2 is 1.84 bits per heavy atom. The van der Waals surface area contributed by atoms with Crippen LogP contribution in [-0.4, -0.2) is 27.9 Å². The maximum Gasteiger partial charge on any atom is 0.238 e. The quantitative estimate of drug-likeness (QED) is 0.474. The maximum absolute atomic E-state index is 13.0. The zero-order valence-corrected chi connectivity index (χ0v) is 17.4. The fraction of sp³-hybridized carbons (Fsp3) is 0.130. The number of rotatable bonds is 4. The van der Waals surface area contributed by atoms with E-state index in [2.05, 4.69) is 20.8 Å². The summed E-state index contributed by atoms with van der Waals surface area (Å²) in [5.41, 5.74) is 2.06. The summed E-state index contributed by atoms with van der Waals surface area (Å²) in [5, 5.41) is 15.6. The molecule has 4 rings (SSSR count). The smallest absolute Gasteiger partial charge is 0.238 e. The van der Waals surface area contributed by atoms with Gasteiger partial charge in [-0.2, -0.15) is 5.10 Å². The average Bonchev–Trinajstić information content (AvgIpc) is 2.78. The summed E-state index contributed by atoms with van der Waals surface area (Å²) in [6, 6.07) is 19.5. The number of hydrogen-bond donors (Lipinski definition) is 2. The van der Waals surface area contributed by atoms with E-state index >= 15 is 0 Å². The number of nitrogens with one attached hydrogen (secondary N) is 2. The average molecular weight is 434 g/mol. The zero-order valence-electron chi connectivity index (χ0n) is 16.6. The molecule has 0 spiro atoms. The van der Waals surface area contributed by atoms with E-state index in [9.17, 15) is 14.0 Å². The van der Waals surface area contributed by atoms with E-state index in [4.69, 9.17) is 0 Å². The van der Waals surface area contributed by atoms with E-state index in [-0.39, 0.29) is 23.4 Å². The molecule has 1 atom stereocenters. The molecule has 1 aliphatic heterocycles. The molecule has 2 amide bonds. The third-order valence-corrected chi connectivity index (χ3v) is 5.81. The van der Waals surface area contributed by atoms with E-state index < -0.39 is 11.1 Å². The zero-order chi connectivity index (χ0) is 21.8. The molecular formula is C23H19FN4O2S. The molecule has 0 aliphatic carbocycles. The van der Waals surface area contributed by atoms with Crippen molar-refractivity contribution in [2.75, 3.05) is 5.32 Å². The van der Waals surface area contributed by atoms with Gasteiger partial charge in [-0.05, 0) is 53.6 Å². The highest BCUT2D eigenvalue weighted by molar-refractivity contribution is 8.15. The fourth-order valence-corrected chi connectivity index (χ4v) is 4.02. The minimum atomic E-state index is -0.659. The van der Waals surface area contributed by atoms with Crippen LogP contribution in [0.3, 0.4) is 0 Å². The van der Waals surface area contributed by atoms with Gasteiger partial charge < -0.3 is 10.6 Å². The molecule has 3 aromatic carbocycles. The number of amides is 2. The Hall–Kier alpha value is -3.52. The van der Waals surface area contributed by atoms with Gasteiger partial charge in [-0.1, -0.05) is 48.2 Å². The van der Waals surface area contributed by atoms with Gasteiger partial charge in [0.15, 0.2) is 5.17 Å². The first-order valence-corrected chi connectivity index (χ1v) is 10.5. The molecule has 1 fully saturated rings. The van der Waals surface area contributed by atoms with Crippen LogP contribution < -0.4 is 10.6 Å². The number of anilines is 1. The third kappa shape index (κ3) is 5.16. The van der Waals surface area contributed by atoms with Crippen LogP contribution in [0.15, 0.2) is 76.9 Å². The molecule has 1 aliphatic rings. The van der Waals surface area contributed by atoms with Crippen molar-refractivity contribution in [3.8, 4) is 0 Å². The van der Waals surface area contributed by atoms with Crippen molar-refractivity contribution >= 4 is 50.9 Å². The largest absolute Gasteiger partial charge is 0.325 e. The number of amidine groups is 1. The van der Waals surface area contributed by atoms with E-state index in [1.54, 1.807) is 0 Å². The lowest BCUT2D eigenvalue weighted by molar-refractivity contribution is -0.123. The third-order valence-electron chi connectivity index (χ3n) is 4.73. The van der Waals surface area contributed by atoms with Crippen LogP contribution in [0.5, 0.6) is 0 Å². The Kier molecular flexibility index (Phi) is 6.08. The standard InChI is InChI=1S/C23H19FN4O2S/c1-14(16-7-6-15-4-2-3-5-17(15)12-16)27-28-23-26-21(29)13-20(31-23)22(30)25-19-10-8-18(24)9-11-19/h2-12,20H,13H2,1H3,(H,25,30)(H,26,28,29)/b27-14+/t20-/m0/s1. The summed E-state index contributed by atoms with van der Waals surface area (Å²) < 4.78 is 13.0. The number of nitrogens with zero attached hydrogens (tertiary/aromatic N) is 2. The second kappa shape index (κ2) is 9.09. The number of carbonyl (C=O) groups excluding carboxylic acids is 2. The monoisotopic (exact) mass is 434 g/mol. The summed E-state index contributed by atoms with van der Waals surface area (Å²) in [5.74, 6) is -1.05. The molecule has 1 saturated heterocycles. The van der Waals surface area contributed by atoms with Gasteiger partial charge in [-0.15, -0.1) is 5.10 Å². The number of fused-ring (bicyclic) bond motifs is 1. The van der Waals surface area contributed by atoms with Crippen LogP contribution >= 0.6 is 11.8 Å². The van der Waals surface area contributed by atoms with E-state index in [1.165, 1.54) is 24.3 Å². The number of hydrogen-bond acceptors (Lipinski definition) is 5. The maximum atomic E-state index is 13.0. The van der Waals surface area contributed by atoms with Gasteiger partial charge >= 0.3 is 0 Å². The van der Waals surface area contributed by atoms with Crippen molar-refractivity contribution in [3.63, 3.8) is 0 Å². The molecule has 0 saturated carbocycles. The van der Waals surface area contributed by atoms with Gasteiger partial charge in [-0.3, -0.25) is 9.59 Å². The molecule has 0 unspecified atom stereocenters. The van der Waals surface area contributed by atoms with Gasteiger partial charge in [0.25, 0.3) is 0 Å². The van der Waals surface area contributed by atoms with E-state index in [0.29, 0.717) is 11.4 Å². The van der Waals surface area contributed by atoms with E-state index in [1.807, 2.05) is 49.4 Å². The fourth-order valence-electron chi connectivity index (χ4n) is 3.09. The number of thioether (sulfide) groups is 1. The first-order chi connectivity index (χ1) is 15.0. The lowest BCUT2D eigenvalue weighted by Gasteiger charge is -2.21. The van der Waals surface area contributed by atoms with Crippen molar-refractivity contribution in [2.45, 2.75) is 18.6 Å². The minimum absolute atomic E-state index is 0.0179. The Bertz CT molecular complexity index is 1210. The first-order valence-electron chi connectivity index (χ1n) is 9.62. The molecule has 8 heteroatoms. The molecular weight excluding hydrogens is 415 g/mol. The molecule has 31 heavy (non-hydrogen) atoms. The van der Waals surface area contributed by atoms with Crippen LogP contribution in [0, 0.1) is 5.82 Å². The van der Waals surface area contributed by atoms with Crippen molar-refractivity contribution in [1.29, 1.82) is 0 Å². The number of halogens is 1. The van der Waals surface area contributed by atoms with Gasteiger partial charge in [-0.25, -0.2) is 4.39 Å². The van der Waals surface area contributed by atoms with Crippen molar-refractivity contribution < 1.29 is 14.0 Å². The predicted octanol–water partition coefficient (Wildman–Crippen LogP) is 4.32. The summed E-state index contributed by atoms with van der Waals surface area (Å²) in [7, 11) is 0. The molecule has 0 aromatic heterocycles. The second-order valence-electron chi connectivity index (χ2n) is 7.01. The molecule has 156 valence electrons. The topological polar surface area (TPSA) is 82.9 Å². The lowest BCUT2D eigenvalue weighted by Crippen LogP contribution is -2.41. The molecule has 0 radical (unpaired) electrons. The van der Waals surface area contributed by atoms with Gasteiger partial charge in [0.05, 0.1) is 5.71 Å². The Morgan fingerprint density at radius 3 is 2.61 bits per heavy atom. The summed E-state index contributed by atoms with van der Waals surface area (Å²) in [6.07, 6.45) is 0.0179. The van der Waals surface area contributed by atoms with E-state index in [0.717, 1.165) is 28.1 Å². The summed E-state index contributed by atoms with van der Waals surface area (Å²) >= 11 is 1.13. The molecule has 0 bridgehead atoms. The summed E-state index contributed by atoms with van der Waals surface area (Å²) in [6.45, 7) is 1.84. The van der Waals surface area contributed by atoms with Crippen LogP contribution in [0.4, 0.5) is 10.1 Å². The predicted molar refractivity (Wildman–Crippen MR) is 123 cm³/mol. The Balaban J connectivity index is 1.48. The first kappa shape index (κ1) is 20.7. The van der Waals surface area contributed by atoms with Gasteiger partial charge in [0.2, 0.25) is 11.8 Å². The Labute approximate surface area is 182 Å². The SMILES string of the molecule is C/C(=N\N=C1/NC(=O)C[C@@H](C(=O)Nc2ccc(F)cc2)S1)c1ccc2ccccc2c1. The molecule has 6 nitrogen and oxygen atoms in total. The lowest BCUT2D eigenvalue weighted by atomic mass is 10.0. The van der Waals surface area contributed by atoms with Crippen LogP contribution in [0.2, 0.25) is 0 Å². The highest BCUT2D eigenvalue weighted by Gasteiger charge is 2.30. The second-order valence-corrected chi connectivity index (χ2v) is 8.20.